The lowest BCUT2D eigenvalue weighted by atomic mass is 9.94. The molecule has 0 atom stereocenters. The van der Waals surface area contributed by atoms with Crippen LogP contribution in [0, 0.1) is 0 Å². The molecular formula is C15H19F3N2O3. The molecule has 0 radical (unpaired) electrons. The summed E-state index contributed by atoms with van der Waals surface area (Å²) in [6.45, 7) is 0.839. The number of rotatable bonds is 4. The van der Waals surface area contributed by atoms with Gasteiger partial charge in [0.1, 0.15) is 0 Å². The number of hydrogen-bond donors (Lipinski definition) is 3. The number of hydrogen-bond acceptors (Lipinski definition) is 3. The van der Waals surface area contributed by atoms with E-state index in [1.54, 1.807) is 6.07 Å². The van der Waals surface area contributed by atoms with E-state index in [4.69, 9.17) is 4.74 Å². The van der Waals surface area contributed by atoms with Crippen LogP contribution >= 0.6 is 0 Å². The molecule has 5 nitrogen and oxygen atoms in total. The summed E-state index contributed by atoms with van der Waals surface area (Å²) in [6.07, 6.45) is -4.67. The van der Waals surface area contributed by atoms with Crippen LogP contribution < -0.4 is 10.6 Å². The lowest BCUT2D eigenvalue weighted by molar-refractivity contribution is -0.127. The van der Waals surface area contributed by atoms with Gasteiger partial charge in [0.25, 0.3) is 0 Å². The summed E-state index contributed by atoms with van der Waals surface area (Å²) in [6, 6.07) is 5.09. The maximum Gasteiger partial charge on any atom is 0.393 e. The summed E-state index contributed by atoms with van der Waals surface area (Å²) in [5.74, 6) is 0. The summed E-state index contributed by atoms with van der Waals surface area (Å²) >= 11 is 0. The molecule has 1 fully saturated rings. The van der Waals surface area contributed by atoms with Crippen molar-refractivity contribution in [3.05, 3.63) is 29.8 Å². The van der Waals surface area contributed by atoms with E-state index >= 15 is 0 Å². The van der Waals surface area contributed by atoms with Crippen LogP contribution in [0.1, 0.15) is 18.4 Å². The molecule has 0 bridgehead atoms. The normalized spacial score (nSPS) is 17.6. The molecular weight excluding hydrogens is 313 g/mol. The number of urea groups is 1. The summed E-state index contributed by atoms with van der Waals surface area (Å²) in [7, 11) is 0. The van der Waals surface area contributed by atoms with Gasteiger partial charge in [0.15, 0.2) is 0 Å². The highest BCUT2D eigenvalue weighted by molar-refractivity contribution is 5.90. The van der Waals surface area contributed by atoms with E-state index < -0.39 is 24.2 Å². The highest BCUT2D eigenvalue weighted by Crippen LogP contribution is 2.26. The predicted octanol–water partition coefficient (Wildman–Crippen LogP) is 2.45. The van der Waals surface area contributed by atoms with Gasteiger partial charge in [-0.15, -0.1) is 0 Å². The highest BCUT2D eigenvalue weighted by atomic mass is 19.4. The predicted molar refractivity (Wildman–Crippen MR) is 78.2 cm³/mol. The molecule has 2 amide bonds. The van der Waals surface area contributed by atoms with Crippen molar-refractivity contribution in [3.8, 4) is 0 Å². The number of alkyl halides is 3. The smallest absolute Gasteiger partial charge is 0.388 e. The first-order valence-electron chi connectivity index (χ1n) is 7.27. The van der Waals surface area contributed by atoms with E-state index in [0.717, 1.165) is 0 Å². The number of anilines is 1. The Morgan fingerprint density at radius 3 is 2.57 bits per heavy atom. The van der Waals surface area contributed by atoms with E-state index in [0.29, 0.717) is 26.1 Å². The van der Waals surface area contributed by atoms with Crippen molar-refractivity contribution in [2.45, 2.75) is 31.0 Å². The molecule has 3 N–H and O–H groups in total. The van der Waals surface area contributed by atoms with Crippen molar-refractivity contribution in [2.24, 2.45) is 0 Å². The lowest BCUT2D eigenvalue weighted by Gasteiger charge is -2.32. The Hall–Kier alpha value is -1.80. The van der Waals surface area contributed by atoms with Crippen molar-refractivity contribution >= 4 is 11.7 Å². The number of carbonyl (C=O) groups is 1. The standard InChI is InChI=1S/C15H19F3N2O3/c16-15(17,18)9-11-3-1-2-4-12(11)20-13(21)19-10-14(22)5-7-23-8-6-14/h1-4,22H,5-10H2,(H2,19,20,21). The molecule has 1 aliphatic rings. The third-order valence-corrected chi connectivity index (χ3v) is 3.66. The van der Waals surface area contributed by atoms with Gasteiger partial charge in [0.05, 0.1) is 12.0 Å². The highest BCUT2D eigenvalue weighted by Gasteiger charge is 2.31. The van der Waals surface area contributed by atoms with Gasteiger partial charge in [-0.05, 0) is 11.6 Å². The van der Waals surface area contributed by atoms with Crippen LogP contribution in [0.5, 0.6) is 0 Å². The van der Waals surface area contributed by atoms with Crippen LogP contribution in [-0.2, 0) is 11.2 Å². The van der Waals surface area contributed by atoms with Gasteiger partial charge in [-0.2, -0.15) is 13.2 Å². The number of nitrogens with one attached hydrogen (secondary N) is 2. The monoisotopic (exact) mass is 332 g/mol. The topological polar surface area (TPSA) is 70.6 Å². The number of ether oxygens (including phenoxy) is 1. The van der Waals surface area contributed by atoms with Crippen LogP contribution in [0.2, 0.25) is 0 Å². The van der Waals surface area contributed by atoms with Gasteiger partial charge in [-0.3, -0.25) is 0 Å². The third kappa shape index (κ3) is 5.72. The Balaban J connectivity index is 1.92. The van der Waals surface area contributed by atoms with Gasteiger partial charge < -0.3 is 20.5 Å². The van der Waals surface area contributed by atoms with E-state index in [1.165, 1.54) is 18.2 Å². The van der Waals surface area contributed by atoms with Crippen molar-refractivity contribution in [3.63, 3.8) is 0 Å². The Morgan fingerprint density at radius 2 is 1.91 bits per heavy atom. The van der Waals surface area contributed by atoms with E-state index in [1.807, 2.05) is 0 Å². The summed E-state index contributed by atoms with van der Waals surface area (Å²) in [5, 5.41) is 15.1. The average molecular weight is 332 g/mol. The fraction of sp³-hybridized carbons (Fsp3) is 0.533. The van der Waals surface area contributed by atoms with Crippen LogP contribution in [0.3, 0.4) is 0 Å². The first kappa shape index (κ1) is 17.6. The molecule has 0 aromatic heterocycles. The van der Waals surface area contributed by atoms with Gasteiger partial charge in [0.2, 0.25) is 0 Å². The van der Waals surface area contributed by atoms with E-state index in [-0.39, 0.29) is 17.8 Å². The first-order valence-corrected chi connectivity index (χ1v) is 7.27. The maximum absolute atomic E-state index is 12.5. The fourth-order valence-electron chi connectivity index (χ4n) is 2.35. The number of amides is 2. The van der Waals surface area contributed by atoms with Gasteiger partial charge >= 0.3 is 12.2 Å². The van der Waals surface area contributed by atoms with Crippen molar-refractivity contribution in [1.29, 1.82) is 0 Å². The Labute approximate surface area is 131 Å². The molecule has 0 saturated carbocycles. The van der Waals surface area contributed by atoms with Gasteiger partial charge in [0, 0.05) is 38.3 Å². The zero-order chi connectivity index (χ0) is 16.9. The quantitative estimate of drug-likeness (QED) is 0.793. The van der Waals surface area contributed by atoms with Gasteiger partial charge in [-0.25, -0.2) is 4.79 Å². The largest absolute Gasteiger partial charge is 0.393 e. The van der Waals surface area contributed by atoms with Crippen molar-refractivity contribution in [2.75, 3.05) is 25.1 Å². The number of aliphatic hydroxyl groups is 1. The van der Waals surface area contributed by atoms with Crippen molar-refractivity contribution < 1.29 is 27.8 Å². The van der Waals surface area contributed by atoms with Crippen LogP contribution in [0.15, 0.2) is 24.3 Å². The number of halogens is 3. The Kier molecular flexibility index (Phi) is 5.48. The first-order chi connectivity index (χ1) is 10.8. The molecule has 1 aliphatic heterocycles. The SMILES string of the molecule is O=C(NCC1(O)CCOCC1)Nc1ccccc1CC(F)(F)F. The molecule has 1 aromatic rings. The minimum absolute atomic E-state index is 0.0140. The molecule has 128 valence electrons. The average Bonchev–Trinajstić information content (AvgIpc) is 2.47. The zero-order valence-electron chi connectivity index (χ0n) is 12.4. The summed E-state index contributed by atoms with van der Waals surface area (Å²) in [4.78, 5) is 11.9. The fourth-order valence-corrected chi connectivity index (χ4v) is 2.35. The molecule has 1 aromatic carbocycles. The molecule has 0 unspecified atom stereocenters. The minimum atomic E-state index is -4.36. The number of para-hydroxylation sites is 1. The number of benzene rings is 1. The van der Waals surface area contributed by atoms with Crippen molar-refractivity contribution in [1.82, 2.24) is 5.32 Å². The second-order valence-electron chi connectivity index (χ2n) is 5.59. The van der Waals surface area contributed by atoms with Crippen LogP contribution in [-0.4, -0.2) is 42.7 Å². The zero-order valence-corrected chi connectivity index (χ0v) is 12.4. The molecule has 8 heteroatoms. The maximum atomic E-state index is 12.5. The van der Waals surface area contributed by atoms with Gasteiger partial charge in [-0.1, -0.05) is 18.2 Å². The second kappa shape index (κ2) is 7.18. The Bertz CT molecular complexity index is 543. The molecule has 1 saturated heterocycles. The molecule has 2 rings (SSSR count). The lowest BCUT2D eigenvalue weighted by Crippen LogP contribution is -2.47. The Morgan fingerprint density at radius 1 is 1.26 bits per heavy atom. The van der Waals surface area contributed by atoms with Crippen LogP contribution in [0.4, 0.5) is 23.7 Å². The second-order valence-corrected chi connectivity index (χ2v) is 5.59. The minimum Gasteiger partial charge on any atom is -0.388 e. The summed E-state index contributed by atoms with van der Waals surface area (Å²) < 4.78 is 42.7. The number of carbonyl (C=O) groups excluding carboxylic acids is 1. The molecule has 0 spiro atoms. The molecule has 23 heavy (non-hydrogen) atoms. The molecule has 1 heterocycles. The van der Waals surface area contributed by atoms with E-state index in [2.05, 4.69) is 10.6 Å². The molecule has 0 aliphatic carbocycles. The van der Waals surface area contributed by atoms with Crippen LogP contribution in [0.25, 0.3) is 0 Å². The van der Waals surface area contributed by atoms with E-state index in [9.17, 15) is 23.1 Å². The third-order valence-electron chi connectivity index (χ3n) is 3.66. The summed E-state index contributed by atoms with van der Waals surface area (Å²) in [5.41, 5.74) is -0.956.